The molecule has 0 saturated heterocycles. The van der Waals surface area contributed by atoms with Gasteiger partial charge in [-0.05, 0) is 61.5 Å². The van der Waals surface area contributed by atoms with Crippen LogP contribution in [0.2, 0.25) is 10.0 Å². The predicted molar refractivity (Wildman–Crippen MR) is 145 cm³/mol. The quantitative estimate of drug-likeness (QED) is 0.173. The van der Waals surface area contributed by atoms with Crippen molar-refractivity contribution in [2.75, 3.05) is 17.7 Å². The molecule has 0 aliphatic heterocycles. The third-order valence-corrected chi connectivity index (χ3v) is 7.55. The van der Waals surface area contributed by atoms with Crippen LogP contribution in [0.4, 0.5) is 11.4 Å². The van der Waals surface area contributed by atoms with E-state index in [0.29, 0.717) is 11.4 Å². The van der Waals surface area contributed by atoms with E-state index in [1.54, 1.807) is 49.4 Å². The van der Waals surface area contributed by atoms with Gasteiger partial charge >= 0.3 is 5.97 Å². The average Bonchev–Trinajstić information content (AvgIpc) is 3.20. The number of halogens is 2. The Hall–Kier alpha value is -3.79. The van der Waals surface area contributed by atoms with Crippen LogP contribution in [0.5, 0.6) is 0 Å². The van der Waals surface area contributed by atoms with Crippen LogP contribution < -0.4 is 11.1 Å². The van der Waals surface area contributed by atoms with E-state index in [4.69, 9.17) is 33.7 Å². The topological polar surface area (TPSA) is 120 Å². The van der Waals surface area contributed by atoms with Crippen molar-refractivity contribution in [3.8, 4) is 0 Å². The monoisotopic (exact) mass is 557 g/mol. The summed E-state index contributed by atoms with van der Waals surface area (Å²) in [5.74, 6) is -1.44. The first-order valence-corrected chi connectivity index (χ1v) is 13.2. The molecule has 0 aliphatic carbocycles. The zero-order valence-corrected chi connectivity index (χ0v) is 21.8. The van der Waals surface area contributed by atoms with Crippen molar-refractivity contribution in [3.05, 3.63) is 94.1 Å². The van der Waals surface area contributed by atoms with Crippen LogP contribution in [-0.2, 0) is 19.6 Å². The number of amides is 1. The van der Waals surface area contributed by atoms with Crippen LogP contribution in [0.3, 0.4) is 0 Å². The summed E-state index contributed by atoms with van der Waals surface area (Å²) in [6.07, 6.45) is 2.48. The molecule has 0 aliphatic rings. The van der Waals surface area contributed by atoms with Gasteiger partial charge in [-0.2, -0.15) is 0 Å². The Bertz CT molecular complexity index is 1630. The average molecular weight is 558 g/mol. The molecular weight excluding hydrogens is 537 g/mol. The molecule has 1 amide bonds. The highest BCUT2D eigenvalue weighted by Crippen LogP contribution is 2.38. The van der Waals surface area contributed by atoms with E-state index in [-0.39, 0.29) is 43.7 Å². The van der Waals surface area contributed by atoms with Crippen molar-refractivity contribution in [1.29, 1.82) is 0 Å². The van der Waals surface area contributed by atoms with Gasteiger partial charge in [0.1, 0.15) is 0 Å². The number of aromatic nitrogens is 1. The van der Waals surface area contributed by atoms with Gasteiger partial charge in [-0.15, -0.1) is 0 Å². The zero-order valence-electron chi connectivity index (χ0n) is 19.4. The summed E-state index contributed by atoms with van der Waals surface area (Å²) in [6.45, 7) is 1.58. The molecule has 0 saturated carbocycles. The third-order valence-electron chi connectivity index (χ3n) is 5.31. The van der Waals surface area contributed by atoms with Crippen molar-refractivity contribution in [2.24, 2.45) is 0 Å². The maximum Gasteiger partial charge on any atom is 0.356 e. The van der Waals surface area contributed by atoms with Crippen LogP contribution in [-0.4, -0.2) is 30.9 Å². The number of carbonyl (C=O) groups is 2. The number of anilines is 2. The molecule has 11 heteroatoms. The highest BCUT2D eigenvalue weighted by molar-refractivity contribution is 7.90. The van der Waals surface area contributed by atoms with Crippen molar-refractivity contribution in [1.82, 2.24) is 3.97 Å². The van der Waals surface area contributed by atoms with E-state index in [9.17, 15) is 18.0 Å². The summed E-state index contributed by atoms with van der Waals surface area (Å²) in [5.41, 5.74) is 6.53. The lowest BCUT2D eigenvalue weighted by Gasteiger charge is -2.12. The van der Waals surface area contributed by atoms with Gasteiger partial charge in [-0.1, -0.05) is 41.4 Å². The van der Waals surface area contributed by atoms with Crippen LogP contribution in [0, 0.1) is 0 Å². The number of carbonyl (C=O) groups excluding carboxylic acids is 2. The maximum absolute atomic E-state index is 13.8. The maximum atomic E-state index is 13.8. The lowest BCUT2D eigenvalue weighted by Crippen LogP contribution is -2.20. The number of nitrogens with two attached hydrogens (primary N) is 1. The van der Waals surface area contributed by atoms with E-state index in [0.717, 1.165) is 10.0 Å². The number of nitrogen functional groups attached to an aromatic ring is 1. The predicted octanol–water partition coefficient (Wildman–Crippen LogP) is 5.60. The van der Waals surface area contributed by atoms with Gasteiger partial charge in [-0.25, -0.2) is 17.2 Å². The van der Waals surface area contributed by atoms with Crippen LogP contribution >= 0.6 is 23.2 Å². The molecule has 0 spiro atoms. The Labute approximate surface area is 223 Å². The molecule has 0 unspecified atom stereocenters. The minimum atomic E-state index is -4.31. The lowest BCUT2D eigenvalue weighted by atomic mass is 10.1. The highest BCUT2D eigenvalue weighted by Gasteiger charge is 2.32. The molecule has 0 bridgehead atoms. The van der Waals surface area contributed by atoms with Crippen molar-refractivity contribution < 1.29 is 22.7 Å². The van der Waals surface area contributed by atoms with E-state index in [1.165, 1.54) is 30.3 Å². The number of nitrogens with one attached hydrogen (secondary N) is 1. The van der Waals surface area contributed by atoms with Gasteiger partial charge in [-0.3, -0.25) is 4.79 Å². The van der Waals surface area contributed by atoms with E-state index < -0.39 is 21.9 Å². The Morgan fingerprint density at radius 2 is 1.73 bits per heavy atom. The smallest absolute Gasteiger partial charge is 0.356 e. The van der Waals surface area contributed by atoms with Crippen molar-refractivity contribution >= 4 is 73.5 Å². The van der Waals surface area contributed by atoms with Gasteiger partial charge in [0.25, 0.3) is 10.0 Å². The summed E-state index contributed by atoms with van der Waals surface area (Å²) < 4.78 is 33.6. The molecule has 3 aromatic carbocycles. The van der Waals surface area contributed by atoms with Crippen molar-refractivity contribution in [2.45, 2.75) is 11.8 Å². The number of nitrogens with zero attached hydrogens (tertiary/aromatic N) is 1. The Morgan fingerprint density at radius 3 is 2.38 bits per heavy atom. The first kappa shape index (κ1) is 26.3. The zero-order chi connectivity index (χ0) is 26.7. The second-order valence-corrected chi connectivity index (χ2v) is 10.4. The number of rotatable bonds is 7. The molecule has 190 valence electrons. The molecule has 4 rings (SSSR count). The molecule has 1 heterocycles. The standard InChI is InChI=1S/C26H21Cl2N3O5S/c1-2-36-26(33)25-20(12-13-23(32)30-18-10-8-17(29)9-11-18)24-21(28)14-16(27)15-22(24)31(25)37(34,35)19-6-4-3-5-7-19/h3-15H,2,29H2,1H3,(H,30,32). The van der Waals surface area contributed by atoms with Gasteiger partial charge in [0.2, 0.25) is 5.91 Å². The Balaban J connectivity index is 1.95. The Morgan fingerprint density at radius 1 is 1.05 bits per heavy atom. The summed E-state index contributed by atoms with van der Waals surface area (Å²) >= 11 is 12.7. The number of fused-ring (bicyclic) bond motifs is 1. The Kier molecular flexibility index (Phi) is 7.58. The SMILES string of the molecule is CCOC(=O)c1c(C=CC(=O)Nc2ccc(N)cc2)c2c(Cl)cc(Cl)cc2n1S(=O)(=O)c1ccccc1. The summed E-state index contributed by atoms with van der Waals surface area (Å²) in [6, 6.07) is 16.9. The molecule has 1 aromatic heterocycles. The third kappa shape index (κ3) is 5.34. The van der Waals surface area contributed by atoms with E-state index >= 15 is 0 Å². The van der Waals surface area contributed by atoms with Gasteiger partial charge in [0.15, 0.2) is 5.69 Å². The normalized spacial score (nSPS) is 11.6. The molecular formula is C26H21Cl2N3O5S. The molecule has 4 aromatic rings. The minimum absolute atomic E-state index is 0.0129. The number of hydrogen-bond acceptors (Lipinski definition) is 6. The minimum Gasteiger partial charge on any atom is -0.461 e. The lowest BCUT2D eigenvalue weighted by molar-refractivity contribution is -0.111. The fraction of sp³-hybridized carbons (Fsp3) is 0.0769. The number of esters is 1. The van der Waals surface area contributed by atoms with Gasteiger partial charge in [0, 0.05) is 33.4 Å². The van der Waals surface area contributed by atoms with E-state index in [1.807, 2.05) is 0 Å². The van der Waals surface area contributed by atoms with Crippen LogP contribution in [0.15, 0.2) is 77.7 Å². The van der Waals surface area contributed by atoms with Gasteiger partial charge in [0.05, 0.1) is 22.0 Å². The number of ether oxygens (including phenoxy) is 1. The fourth-order valence-electron chi connectivity index (χ4n) is 3.75. The summed E-state index contributed by atoms with van der Waals surface area (Å²) in [4.78, 5) is 25.8. The van der Waals surface area contributed by atoms with E-state index in [2.05, 4.69) is 5.32 Å². The second-order valence-electron chi connectivity index (χ2n) is 7.79. The molecule has 3 N–H and O–H groups in total. The highest BCUT2D eigenvalue weighted by atomic mass is 35.5. The molecule has 0 radical (unpaired) electrons. The largest absolute Gasteiger partial charge is 0.461 e. The van der Waals surface area contributed by atoms with Gasteiger partial charge < -0.3 is 15.8 Å². The second kappa shape index (κ2) is 10.7. The van der Waals surface area contributed by atoms with Crippen LogP contribution in [0.1, 0.15) is 23.0 Å². The summed E-state index contributed by atoms with van der Waals surface area (Å²) in [7, 11) is -4.31. The molecule has 8 nitrogen and oxygen atoms in total. The first-order chi connectivity index (χ1) is 17.6. The number of benzene rings is 3. The number of hydrogen-bond donors (Lipinski definition) is 2. The van der Waals surface area contributed by atoms with Crippen LogP contribution in [0.25, 0.3) is 17.0 Å². The first-order valence-electron chi connectivity index (χ1n) is 11.0. The van der Waals surface area contributed by atoms with Crippen molar-refractivity contribution in [3.63, 3.8) is 0 Å². The molecule has 37 heavy (non-hydrogen) atoms. The summed E-state index contributed by atoms with van der Waals surface area (Å²) in [5, 5.41) is 3.13. The fourth-order valence-corrected chi connectivity index (χ4v) is 5.86. The molecule has 0 fully saturated rings. The molecule has 0 atom stereocenters.